The molecule has 3 heterocycles. The van der Waals surface area contributed by atoms with Crippen LogP contribution < -0.4 is 23.2 Å². The highest BCUT2D eigenvalue weighted by molar-refractivity contribution is 5.43. The van der Waals surface area contributed by atoms with E-state index in [1.807, 2.05) is 6.26 Å². The van der Waals surface area contributed by atoms with Crippen LogP contribution in [0.1, 0.15) is 28.3 Å². The van der Waals surface area contributed by atoms with E-state index in [0.717, 1.165) is 6.54 Å². The lowest BCUT2D eigenvalue weighted by molar-refractivity contribution is -2.00. The van der Waals surface area contributed by atoms with E-state index in [2.05, 4.69) is 59.3 Å². The largest absolute Gasteiger partial charge is 0.472 e. The molecule has 0 bridgehead atoms. The van der Waals surface area contributed by atoms with Crippen LogP contribution in [0, 0.1) is 10.2 Å². The molecule has 1 atom stereocenters. The Morgan fingerprint density at radius 2 is 1.67 bits per heavy atom. The van der Waals surface area contributed by atoms with E-state index in [1.54, 1.807) is 6.26 Å². The Hall–Kier alpha value is -2.22. The molecule has 0 radical (unpaired) electrons. The highest BCUT2D eigenvalue weighted by atomic mass is 35.7. The third-order valence-electron chi connectivity index (χ3n) is 3.85. The van der Waals surface area contributed by atoms with Gasteiger partial charge in [-0.05, 0) is 11.6 Å². The maximum absolute atomic E-state index is 8.49. The van der Waals surface area contributed by atoms with E-state index in [1.165, 1.54) is 22.4 Å². The van der Waals surface area contributed by atoms with Gasteiger partial charge in [-0.2, -0.15) is 4.57 Å². The third kappa shape index (κ3) is 3.81. The van der Waals surface area contributed by atoms with E-state index in [4.69, 9.17) is 23.1 Å². The monoisotopic (exact) mass is 347 g/mol. The van der Waals surface area contributed by atoms with Crippen LogP contribution in [-0.2, 0) is 6.54 Å². The van der Waals surface area contributed by atoms with Gasteiger partial charge in [-0.1, -0.05) is 30.3 Å². The van der Waals surface area contributed by atoms with Crippen LogP contribution in [0.3, 0.4) is 0 Å². The van der Waals surface area contributed by atoms with Crippen molar-refractivity contribution in [2.45, 2.75) is 12.5 Å². The summed E-state index contributed by atoms with van der Waals surface area (Å²) in [6.45, 7) is 0.945. The van der Waals surface area contributed by atoms with Crippen molar-refractivity contribution in [1.82, 2.24) is 0 Å². The van der Waals surface area contributed by atoms with Gasteiger partial charge in [0.15, 0.2) is 18.4 Å². The zero-order valence-electron chi connectivity index (χ0n) is 12.5. The molecule has 0 amide bonds. The van der Waals surface area contributed by atoms with E-state index in [-0.39, 0.29) is 5.92 Å². The maximum atomic E-state index is 8.49. The number of benzene rings is 1. The van der Waals surface area contributed by atoms with Gasteiger partial charge in [0.05, 0.1) is 18.4 Å². The molecule has 24 heavy (non-hydrogen) atoms. The third-order valence-corrected chi connectivity index (χ3v) is 3.85. The molecule has 1 unspecified atom stereocenters. The van der Waals surface area contributed by atoms with Crippen LogP contribution in [0.5, 0.6) is 0 Å². The van der Waals surface area contributed by atoms with Crippen molar-refractivity contribution >= 4 is 0 Å². The molecule has 0 fully saturated rings. The molecule has 6 nitrogen and oxygen atoms in total. The molecule has 7 heteroatoms. The summed E-state index contributed by atoms with van der Waals surface area (Å²) in [5.41, 5.74) is 5.31. The standard InChI is InChI=1S/C17H14NO.ClHO4/c1-2-6-15-13(5-1)11-18-9-4-3-7-16(18)17(15)14-8-10-19-12-14;2-1(3,4)5/h1-10,12,17H,11H2;(H,2,3,4,5)/q+1;/p-1. The summed E-state index contributed by atoms with van der Waals surface area (Å²) in [6.07, 6.45) is 5.75. The van der Waals surface area contributed by atoms with Crippen molar-refractivity contribution in [2.75, 3.05) is 0 Å². The van der Waals surface area contributed by atoms with Gasteiger partial charge in [0, 0.05) is 23.3 Å². The Kier molecular flexibility index (Phi) is 4.66. The highest BCUT2D eigenvalue weighted by Crippen LogP contribution is 2.34. The lowest BCUT2D eigenvalue weighted by Crippen LogP contribution is -2.68. The van der Waals surface area contributed by atoms with Crippen molar-refractivity contribution in [1.29, 1.82) is 0 Å². The van der Waals surface area contributed by atoms with Crippen molar-refractivity contribution in [2.24, 2.45) is 0 Å². The molecule has 0 saturated heterocycles. The zero-order chi connectivity index (χ0) is 17.2. The summed E-state index contributed by atoms with van der Waals surface area (Å²) in [4.78, 5) is 0. The second kappa shape index (κ2) is 6.72. The van der Waals surface area contributed by atoms with Crippen molar-refractivity contribution in [3.05, 3.63) is 89.6 Å². The zero-order valence-corrected chi connectivity index (χ0v) is 13.3. The summed E-state index contributed by atoms with van der Waals surface area (Å²) in [7, 11) is -4.94. The lowest BCUT2D eigenvalue weighted by Gasteiger charge is -2.22. The summed E-state index contributed by atoms with van der Waals surface area (Å²) in [5, 5.41) is 0. The SMILES string of the molecule is [O-][Cl+3]([O-])([O-])[O-].c1ccc2c(c1)C[n+]1ccccc1C2c1ccoc1. The van der Waals surface area contributed by atoms with Crippen LogP contribution in [-0.4, -0.2) is 0 Å². The molecule has 4 rings (SSSR count). The number of pyridine rings is 1. The average molecular weight is 348 g/mol. The van der Waals surface area contributed by atoms with Gasteiger partial charge in [0.1, 0.15) is 0 Å². The number of aromatic nitrogens is 1. The first-order valence-corrected chi connectivity index (χ1v) is 8.37. The quantitative estimate of drug-likeness (QED) is 0.383. The fourth-order valence-corrected chi connectivity index (χ4v) is 2.99. The second-order valence-corrected chi connectivity index (χ2v) is 6.08. The van der Waals surface area contributed by atoms with E-state index >= 15 is 0 Å². The van der Waals surface area contributed by atoms with Crippen molar-refractivity contribution in [3.63, 3.8) is 0 Å². The van der Waals surface area contributed by atoms with Gasteiger partial charge in [-0.15, -0.1) is 10.2 Å². The van der Waals surface area contributed by atoms with Crippen LogP contribution in [0.2, 0.25) is 0 Å². The molecule has 0 saturated carbocycles. The Morgan fingerprint density at radius 1 is 0.958 bits per heavy atom. The van der Waals surface area contributed by atoms with E-state index < -0.39 is 10.2 Å². The minimum absolute atomic E-state index is 0.268. The minimum Gasteiger partial charge on any atom is -0.472 e. The first-order chi connectivity index (χ1) is 11.4. The topological polar surface area (TPSA) is 109 Å². The highest BCUT2D eigenvalue weighted by Gasteiger charge is 2.32. The number of furan rings is 1. The molecule has 3 aromatic rings. The molecule has 1 aliphatic rings. The first-order valence-electron chi connectivity index (χ1n) is 7.13. The van der Waals surface area contributed by atoms with Crippen LogP contribution in [0.15, 0.2) is 71.7 Å². The smallest absolute Gasteiger partial charge is 0.193 e. The summed E-state index contributed by atoms with van der Waals surface area (Å²) in [6, 6.07) is 17.1. The Labute approximate surface area is 140 Å². The number of hydrogen-bond donors (Lipinski definition) is 0. The number of nitrogens with zero attached hydrogens (tertiary/aromatic N) is 1. The van der Waals surface area contributed by atoms with E-state index in [0.29, 0.717) is 0 Å². The predicted octanol–water partition coefficient (Wildman–Crippen LogP) is -1.65. The summed E-state index contributed by atoms with van der Waals surface area (Å²) < 4.78 is 41.6. The van der Waals surface area contributed by atoms with Crippen molar-refractivity contribution in [3.8, 4) is 0 Å². The van der Waals surface area contributed by atoms with Gasteiger partial charge < -0.3 is 4.42 Å². The summed E-state index contributed by atoms with van der Waals surface area (Å²) >= 11 is 0. The molecular formula is C17H14ClNO5. The van der Waals surface area contributed by atoms with Gasteiger partial charge in [0.2, 0.25) is 0 Å². The Bertz CT molecular complexity index is 762. The van der Waals surface area contributed by atoms with Crippen LogP contribution >= 0.6 is 0 Å². The number of hydrogen-bond acceptors (Lipinski definition) is 5. The minimum atomic E-state index is -4.94. The normalized spacial score (nSPS) is 15.8. The molecular weight excluding hydrogens is 334 g/mol. The lowest BCUT2D eigenvalue weighted by atomic mass is 9.84. The summed E-state index contributed by atoms with van der Waals surface area (Å²) in [5.74, 6) is 0.268. The van der Waals surface area contributed by atoms with Crippen LogP contribution in [0.25, 0.3) is 0 Å². The van der Waals surface area contributed by atoms with E-state index in [9.17, 15) is 0 Å². The molecule has 0 spiro atoms. The molecule has 1 aliphatic heterocycles. The van der Waals surface area contributed by atoms with Gasteiger partial charge >= 0.3 is 0 Å². The number of halogens is 1. The van der Waals surface area contributed by atoms with Gasteiger partial charge in [-0.3, -0.25) is 0 Å². The molecule has 124 valence electrons. The van der Waals surface area contributed by atoms with Crippen molar-refractivity contribution < 1.29 is 37.9 Å². The Morgan fingerprint density at radius 3 is 2.38 bits per heavy atom. The molecule has 0 N–H and O–H groups in total. The second-order valence-electron chi connectivity index (χ2n) is 5.32. The first kappa shape index (κ1) is 16.6. The predicted molar refractivity (Wildman–Crippen MR) is 71.8 cm³/mol. The van der Waals surface area contributed by atoms with Gasteiger partial charge in [0.25, 0.3) is 0 Å². The fraction of sp³-hybridized carbons (Fsp3) is 0.118. The van der Waals surface area contributed by atoms with Crippen LogP contribution in [0.4, 0.5) is 0 Å². The number of fused-ring (bicyclic) bond motifs is 2. The van der Waals surface area contributed by atoms with Gasteiger partial charge in [-0.25, -0.2) is 18.6 Å². The molecule has 0 aliphatic carbocycles. The molecule has 1 aromatic carbocycles. The molecule has 2 aromatic heterocycles. The maximum Gasteiger partial charge on any atom is 0.193 e. The average Bonchev–Trinajstić information content (AvgIpc) is 3.05. The fourth-order valence-electron chi connectivity index (χ4n) is 2.99. The number of rotatable bonds is 1. The Balaban J connectivity index is 0.000000300.